The van der Waals surface area contributed by atoms with Crippen LogP contribution in [0.1, 0.15) is 13.8 Å². The fourth-order valence-electron chi connectivity index (χ4n) is 1.87. The van der Waals surface area contributed by atoms with Crippen molar-refractivity contribution < 1.29 is 19.0 Å². The molecule has 0 saturated carbocycles. The molecule has 106 valence electrons. The van der Waals surface area contributed by atoms with E-state index in [-0.39, 0.29) is 11.7 Å². The van der Waals surface area contributed by atoms with Gasteiger partial charge in [-0.3, -0.25) is 4.79 Å². The Bertz CT molecular complexity index is 448. The third kappa shape index (κ3) is 3.84. The number of carboxylic acids is 1. The van der Waals surface area contributed by atoms with Crippen LogP contribution in [0.25, 0.3) is 0 Å². The normalized spacial score (nSPS) is 12.3. The highest BCUT2D eigenvalue weighted by Crippen LogP contribution is 2.24. The first-order valence-electron chi connectivity index (χ1n) is 6.14. The first kappa shape index (κ1) is 15.3. The molecule has 1 rings (SSSR count). The highest BCUT2D eigenvalue weighted by Gasteiger charge is 2.23. The lowest BCUT2D eigenvalue weighted by Crippen LogP contribution is -2.33. The van der Waals surface area contributed by atoms with Crippen LogP contribution in [0, 0.1) is 17.7 Å². The quantitative estimate of drug-likeness (QED) is 0.862. The fraction of sp³-hybridized carbons (Fsp3) is 0.500. The van der Waals surface area contributed by atoms with Crippen molar-refractivity contribution in [2.45, 2.75) is 13.8 Å². The molecular formula is C14H20FNO3. The van der Waals surface area contributed by atoms with Gasteiger partial charge in [0.25, 0.3) is 0 Å². The molecule has 0 aliphatic rings. The van der Waals surface area contributed by atoms with Gasteiger partial charge in [0.05, 0.1) is 13.0 Å². The SMILES string of the molecule is COc1ccc(N(C)CC(C(=O)O)C(C)C)cc1F. The van der Waals surface area contributed by atoms with Gasteiger partial charge in [0.2, 0.25) is 0 Å². The minimum atomic E-state index is -0.837. The van der Waals surface area contributed by atoms with Crippen molar-refractivity contribution in [3.63, 3.8) is 0 Å². The largest absolute Gasteiger partial charge is 0.494 e. The van der Waals surface area contributed by atoms with Gasteiger partial charge < -0.3 is 14.7 Å². The van der Waals surface area contributed by atoms with Crippen molar-refractivity contribution in [1.82, 2.24) is 0 Å². The zero-order valence-electron chi connectivity index (χ0n) is 11.7. The molecule has 0 aliphatic carbocycles. The highest BCUT2D eigenvalue weighted by molar-refractivity contribution is 5.71. The summed E-state index contributed by atoms with van der Waals surface area (Å²) in [6.07, 6.45) is 0. The Balaban J connectivity index is 2.85. The summed E-state index contributed by atoms with van der Waals surface area (Å²) >= 11 is 0. The molecule has 0 saturated heterocycles. The van der Waals surface area contributed by atoms with Crippen LogP contribution in [0.2, 0.25) is 0 Å². The van der Waals surface area contributed by atoms with Gasteiger partial charge in [0.15, 0.2) is 11.6 Å². The lowest BCUT2D eigenvalue weighted by atomic mass is 9.95. The Morgan fingerprint density at radius 2 is 2.11 bits per heavy atom. The molecule has 0 fully saturated rings. The highest BCUT2D eigenvalue weighted by atomic mass is 19.1. The van der Waals surface area contributed by atoms with E-state index in [1.54, 1.807) is 18.0 Å². The molecule has 0 bridgehead atoms. The van der Waals surface area contributed by atoms with E-state index in [0.29, 0.717) is 12.2 Å². The Morgan fingerprint density at radius 3 is 2.53 bits per heavy atom. The summed E-state index contributed by atoms with van der Waals surface area (Å²) in [5.74, 6) is -1.59. The number of ether oxygens (including phenoxy) is 1. The van der Waals surface area contributed by atoms with E-state index in [2.05, 4.69) is 0 Å². The average molecular weight is 269 g/mol. The van der Waals surface area contributed by atoms with E-state index in [1.165, 1.54) is 19.2 Å². The van der Waals surface area contributed by atoms with Gasteiger partial charge in [-0.25, -0.2) is 4.39 Å². The van der Waals surface area contributed by atoms with Crippen molar-refractivity contribution >= 4 is 11.7 Å². The molecular weight excluding hydrogens is 249 g/mol. The van der Waals surface area contributed by atoms with E-state index in [4.69, 9.17) is 9.84 Å². The van der Waals surface area contributed by atoms with Crippen molar-refractivity contribution in [1.29, 1.82) is 0 Å². The Labute approximate surface area is 112 Å². The second-order valence-corrected chi connectivity index (χ2v) is 4.89. The molecule has 1 aromatic carbocycles. The molecule has 4 nitrogen and oxygen atoms in total. The monoisotopic (exact) mass is 269 g/mol. The maximum atomic E-state index is 13.6. The number of hydrogen-bond acceptors (Lipinski definition) is 3. The van der Waals surface area contributed by atoms with Gasteiger partial charge >= 0.3 is 5.97 Å². The molecule has 19 heavy (non-hydrogen) atoms. The van der Waals surface area contributed by atoms with Crippen LogP contribution in [0.15, 0.2) is 18.2 Å². The van der Waals surface area contributed by atoms with E-state index in [0.717, 1.165) is 0 Å². The van der Waals surface area contributed by atoms with Crippen LogP contribution < -0.4 is 9.64 Å². The molecule has 0 aliphatic heterocycles. The molecule has 0 amide bonds. The predicted octanol–water partition coefficient (Wildman–Crippen LogP) is 2.63. The summed E-state index contributed by atoms with van der Waals surface area (Å²) in [5.41, 5.74) is 0.630. The number of methoxy groups -OCH3 is 1. The second kappa shape index (κ2) is 6.41. The second-order valence-electron chi connectivity index (χ2n) is 4.89. The minimum Gasteiger partial charge on any atom is -0.494 e. The first-order valence-corrected chi connectivity index (χ1v) is 6.14. The number of carboxylic acid groups (broad SMARTS) is 1. The Hall–Kier alpha value is -1.78. The molecule has 0 heterocycles. The van der Waals surface area contributed by atoms with Crippen LogP contribution in [-0.4, -0.2) is 31.8 Å². The van der Waals surface area contributed by atoms with Crippen LogP contribution in [0.5, 0.6) is 5.75 Å². The molecule has 1 atom stereocenters. The average Bonchev–Trinajstić information content (AvgIpc) is 2.34. The third-order valence-electron chi connectivity index (χ3n) is 3.17. The van der Waals surface area contributed by atoms with Gasteiger partial charge in [-0.15, -0.1) is 0 Å². The summed E-state index contributed by atoms with van der Waals surface area (Å²) < 4.78 is 18.4. The number of aliphatic carboxylic acids is 1. The van der Waals surface area contributed by atoms with Gasteiger partial charge in [0.1, 0.15) is 0 Å². The van der Waals surface area contributed by atoms with Gasteiger partial charge in [-0.1, -0.05) is 13.8 Å². The topological polar surface area (TPSA) is 49.8 Å². The van der Waals surface area contributed by atoms with Gasteiger partial charge in [-0.2, -0.15) is 0 Å². The number of anilines is 1. The minimum absolute atomic E-state index is 0.0167. The van der Waals surface area contributed by atoms with Crippen LogP contribution in [0.4, 0.5) is 10.1 Å². The summed E-state index contributed by atoms with van der Waals surface area (Å²) in [4.78, 5) is 12.9. The zero-order chi connectivity index (χ0) is 14.6. The van der Waals surface area contributed by atoms with Gasteiger partial charge in [-0.05, 0) is 18.1 Å². The molecule has 0 radical (unpaired) electrons. The van der Waals surface area contributed by atoms with Crippen molar-refractivity contribution in [2.75, 3.05) is 25.6 Å². The maximum Gasteiger partial charge on any atom is 0.308 e. The molecule has 1 N–H and O–H groups in total. The number of carbonyl (C=O) groups is 1. The molecule has 5 heteroatoms. The van der Waals surface area contributed by atoms with Crippen LogP contribution >= 0.6 is 0 Å². The third-order valence-corrected chi connectivity index (χ3v) is 3.17. The number of benzene rings is 1. The standard InChI is InChI=1S/C14H20FNO3/c1-9(2)11(14(17)18)8-16(3)10-5-6-13(19-4)12(15)7-10/h5-7,9,11H,8H2,1-4H3,(H,17,18). The zero-order valence-corrected chi connectivity index (χ0v) is 11.7. The number of halogens is 1. The van der Waals surface area contributed by atoms with E-state index < -0.39 is 17.7 Å². The summed E-state index contributed by atoms with van der Waals surface area (Å²) in [6, 6.07) is 4.59. The lowest BCUT2D eigenvalue weighted by Gasteiger charge is -2.25. The van der Waals surface area contributed by atoms with Gasteiger partial charge in [0, 0.05) is 25.3 Å². The summed E-state index contributed by atoms with van der Waals surface area (Å²) in [5, 5.41) is 9.16. The van der Waals surface area contributed by atoms with Crippen molar-refractivity contribution in [3.8, 4) is 5.75 Å². The summed E-state index contributed by atoms with van der Waals surface area (Å²) in [6.45, 7) is 4.06. The van der Waals surface area contributed by atoms with E-state index in [9.17, 15) is 9.18 Å². The molecule has 0 spiro atoms. The number of rotatable bonds is 6. The van der Waals surface area contributed by atoms with Crippen molar-refractivity contribution in [3.05, 3.63) is 24.0 Å². The van der Waals surface area contributed by atoms with Crippen LogP contribution in [-0.2, 0) is 4.79 Å². The van der Waals surface area contributed by atoms with Crippen LogP contribution in [0.3, 0.4) is 0 Å². The Morgan fingerprint density at radius 1 is 1.47 bits per heavy atom. The fourth-order valence-corrected chi connectivity index (χ4v) is 1.87. The van der Waals surface area contributed by atoms with Crippen molar-refractivity contribution in [2.24, 2.45) is 11.8 Å². The molecule has 1 aromatic rings. The Kier molecular flexibility index (Phi) is 5.15. The summed E-state index contributed by atoms with van der Waals surface area (Å²) in [7, 11) is 3.15. The molecule has 0 aromatic heterocycles. The number of nitrogens with zero attached hydrogens (tertiary/aromatic N) is 1. The smallest absolute Gasteiger partial charge is 0.308 e. The van der Waals surface area contributed by atoms with E-state index in [1.807, 2.05) is 13.8 Å². The first-order chi connectivity index (χ1) is 8.86. The number of hydrogen-bond donors (Lipinski definition) is 1. The predicted molar refractivity (Wildman–Crippen MR) is 72.2 cm³/mol. The van der Waals surface area contributed by atoms with E-state index >= 15 is 0 Å². The lowest BCUT2D eigenvalue weighted by molar-refractivity contribution is -0.142. The molecule has 1 unspecified atom stereocenters. The maximum absolute atomic E-state index is 13.6.